The van der Waals surface area contributed by atoms with Crippen molar-refractivity contribution >= 4 is 11.9 Å². The molecule has 0 aliphatic heterocycles. The number of amides is 1. The van der Waals surface area contributed by atoms with Crippen LogP contribution in [0.5, 0.6) is 0 Å². The molecule has 0 radical (unpaired) electrons. The Kier molecular flexibility index (Phi) is 10.5. The summed E-state index contributed by atoms with van der Waals surface area (Å²) < 4.78 is 10.8. The van der Waals surface area contributed by atoms with Gasteiger partial charge >= 0.3 is 0 Å². The van der Waals surface area contributed by atoms with E-state index in [0.717, 1.165) is 50.0 Å². The highest BCUT2D eigenvalue weighted by Crippen LogP contribution is 2.08. The number of nitrogens with zero attached hydrogens (tertiary/aromatic N) is 1. The molecule has 0 bridgehead atoms. The third-order valence-corrected chi connectivity index (χ3v) is 4.17. The van der Waals surface area contributed by atoms with E-state index in [1.165, 1.54) is 0 Å². The molecule has 0 atom stereocenters. The monoisotopic (exact) mass is 414 g/mol. The molecule has 1 aromatic carbocycles. The van der Waals surface area contributed by atoms with E-state index in [0.29, 0.717) is 24.6 Å². The zero-order chi connectivity index (χ0) is 21.6. The van der Waals surface area contributed by atoms with Gasteiger partial charge in [-0.25, -0.2) is 4.99 Å². The third-order valence-electron chi connectivity index (χ3n) is 4.17. The van der Waals surface area contributed by atoms with E-state index in [2.05, 4.69) is 34.8 Å². The van der Waals surface area contributed by atoms with Crippen LogP contribution in [0.1, 0.15) is 48.9 Å². The molecule has 2 rings (SSSR count). The van der Waals surface area contributed by atoms with E-state index >= 15 is 0 Å². The second-order valence-electron chi connectivity index (χ2n) is 7.41. The molecule has 0 spiro atoms. The highest BCUT2D eigenvalue weighted by Gasteiger charge is 2.07. The van der Waals surface area contributed by atoms with Crippen LogP contribution < -0.4 is 16.0 Å². The van der Waals surface area contributed by atoms with E-state index in [-0.39, 0.29) is 5.91 Å². The lowest BCUT2D eigenvalue weighted by Gasteiger charge is -2.12. The Labute approximate surface area is 179 Å². The summed E-state index contributed by atoms with van der Waals surface area (Å²) in [5, 5.41) is 9.43. The maximum Gasteiger partial charge on any atom is 0.251 e. The van der Waals surface area contributed by atoms with Gasteiger partial charge in [-0.15, -0.1) is 0 Å². The van der Waals surface area contributed by atoms with Gasteiger partial charge in [0, 0.05) is 31.9 Å². The fraction of sp³-hybridized carbons (Fsp3) is 0.478. The van der Waals surface area contributed by atoms with E-state index in [4.69, 9.17) is 9.15 Å². The average Bonchev–Trinajstić information content (AvgIpc) is 3.26. The number of furan rings is 1. The zero-order valence-electron chi connectivity index (χ0n) is 18.2. The van der Waals surface area contributed by atoms with Crippen LogP contribution in [0.15, 0.2) is 52.1 Å². The number of hydrogen-bond donors (Lipinski definition) is 3. The topological polar surface area (TPSA) is 87.9 Å². The number of ether oxygens (including phenoxy) is 1. The SMILES string of the molecule is CCNC(=NCc1cccc(C(=O)NCc2ccco2)c1)NCCCOCC(C)C. The summed E-state index contributed by atoms with van der Waals surface area (Å²) >= 11 is 0. The van der Waals surface area contributed by atoms with Gasteiger partial charge < -0.3 is 25.1 Å². The molecule has 0 unspecified atom stereocenters. The minimum absolute atomic E-state index is 0.136. The van der Waals surface area contributed by atoms with E-state index in [9.17, 15) is 4.79 Å². The van der Waals surface area contributed by atoms with Gasteiger partial charge in [0.2, 0.25) is 0 Å². The average molecular weight is 415 g/mol. The summed E-state index contributed by atoms with van der Waals surface area (Å²) in [6, 6.07) is 11.1. The fourth-order valence-electron chi connectivity index (χ4n) is 2.71. The van der Waals surface area contributed by atoms with Crippen molar-refractivity contribution in [2.24, 2.45) is 10.9 Å². The number of aliphatic imine (C=N–C) groups is 1. The second-order valence-corrected chi connectivity index (χ2v) is 7.41. The highest BCUT2D eigenvalue weighted by molar-refractivity contribution is 5.94. The van der Waals surface area contributed by atoms with Crippen LogP contribution in [-0.4, -0.2) is 38.2 Å². The Hall–Kier alpha value is -2.80. The number of guanidine groups is 1. The van der Waals surface area contributed by atoms with Gasteiger partial charge in [-0.05, 0) is 49.1 Å². The summed E-state index contributed by atoms with van der Waals surface area (Å²) in [4.78, 5) is 17.0. The lowest BCUT2D eigenvalue weighted by atomic mass is 10.1. The number of hydrogen-bond acceptors (Lipinski definition) is 4. The molecular formula is C23H34N4O3. The smallest absolute Gasteiger partial charge is 0.251 e. The van der Waals surface area contributed by atoms with Crippen molar-refractivity contribution in [2.45, 2.75) is 40.3 Å². The van der Waals surface area contributed by atoms with Crippen LogP contribution in [-0.2, 0) is 17.8 Å². The van der Waals surface area contributed by atoms with Gasteiger partial charge in [-0.2, -0.15) is 0 Å². The van der Waals surface area contributed by atoms with Crippen LogP contribution >= 0.6 is 0 Å². The van der Waals surface area contributed by atoms with E-state index in [1.54, 1.807) is 18.4 Å². The first-order valence-electron chi connectivity index (χ1n) is 10.6. The van der Waals surface area contributed by atoms with E-state index < -0.39 is 0 Å². The largest absolute Gasteiger partial charge is 0.467 e. The number of carbonyl (C=O) groups is 1. The summed E-state index contributed by atoms with van der Waals surface area (Å²) in [7, 11) is 0. The Balaban J connectivity index is 1.82. The second kappa shape index (κ2) is 13.4. The molecule has 0 saturated heterocycles. The predicted octanol–water partition coefficient (Wildman–Crippen LogP) is 3.33. The number of rotatable bonds is 12. The Morgan fingerprint density at radius 2 is 2.03 bits per heavy atom. The predicted molar refractivity (Wildman–Crippen MR) is 119 cm³/mol. The standard InChI is InChI=1S/C23H34N4O3/c1-4-24-23(25-11-7-12-29-17-18(2)3)27-15-19-8-5-9-20(14-19)22(28)26-16-21-10-6-13-30-21/h5-6,8-10,13-14,18H,4,7,11-12,15-17H2,1-3H3,(H,26,28)(H2,24,25,27). The van der Waals surface area contributed by atoms with Crippen molar-refractivity contribution in [2.75, 3.05) is 26.3 Å². The van der Waals surface area contributed by atoms with Crippen molar-refractivity contribution in [1.82, 2.24) is 16.0 Å². The van der Waals surface area contributed by atoms with Gasteiger partial charge in [0.1, 0.15) is 5.76 Å². The van der Waals surface area contributed by atoms with Crippen LogP contribution in [0.25, 0.3) is 0 Å². The van der Waals surface area contributed by atoms with Crippen molar-refractivity contribution in [3.63, 3.8) is 0 Å². The first-order valence-corrected chi connectivity index (χ1v) is 10.6. The van der Waals surface area contributed by atoms with Crippen molar-refractivity contribution in [3.05, 3.63) is 59.5 Å². The summed E-state index contributed by atoms with van der Waals surface area (Å²) in [6.07, 6.45) is 2.51. The summed E-state index contributed by atoms with van der Waals surface area (Å²) in [5.74, 6) is 1.90. The van der Waals surface area contributed by atoms with Crippen LogP contribution in [0.4, 0.5) is 0 Å². The van der Waals surface area contributed by atoms with Crippen molar-refractivity contribution in [3.8, 4) is 0 Å². The molecule has 0 fully saturated rings. The molecule has 30 heavy (non-hydrogen) atoms. The molecule has 2 aromatic rings. The molecule has 7 heteroatoms. The lowest BCUT2D eigenvalue weighted by molar-refractivity contribution is 0.0948. The highest BCUT2D eigenvalue weighted by atomic mass is 16.5. The van der Waals surface area contributed by atoms with Gasteiger partial charge in [0.05, 0.1) is 19.4 Å². The van der Waals surface area contributed by atoms with Gasteiger partial charge in [-0.1, -0.05) is 26.0 Å². The fourth-order valence-corrected chi connectivity index (χ4v) is 2.71. The van der Waals surface area contributed by atoms with Gasteiger partial charge in [0.25, 0.3) is 5.91 Å². The minimum Gasteiger partial charge on any atom is -0.467 e. The number of nitrogens with one attached hydrogen (secondary N) is 3. The van der Waals surface area contributed by atoms with Gasteiger partial charge in [0.15, 0.2) is 5.96 Å². The molecule has 164 valence electrons. The van der Waals surface area contributed by atoms with Crippen LogP contribution in [0.2, 0.25) is 0 Å². The maximum atomic E-state index is 12.4. The molecule has 7 nitrogen and oxygen atoms in total. The third kappa shape index (κ3) is 9.13. The summed E-state index contributed by atoms with van der Waals surface area (Å²) in [6.45, 7) is 10.3. The number of carbonyl (C=O) groups excluding carboxylic acids is 1. The van der Waals surface area contributed by atoms with Gasteiger partial charge in [-0.3, -0.25) is 4.79 Å². The van der Waals surface area contributed by atoms with Crippen LogP contribution in [0.3, 0.4) is 0 Å². The van der Waals surface area contributed by atoms with Crippen LogP contribution in [0, 0.1) is 5.92 Å². The van der Waals surface area contributed by atoms with Crippen molar-refractivity contribution in [1.29, 1.82) is 0 Å². The van der Waals surface area contributed by atoms with Crippen molar-refractivity contribution < 1.29 is 13.9 Å². The minimum atomic E-state index is -0.136. The first-order chi connectivity index (χ1) is 14.6. The molecule has 1 aromatic heterocycles. The maximum absolute atomic E-state index is 12.4. The molecule has 0 aliphatic rings. The molecule has 3 N–H and O–H groups in total. The quantitative estimate of drug-likeness (QED) is 0.282. The lowest BCUT2D eigenvalue weighted by Crippen LogP contribution is -2.38. The Morgan fingerprint density at radius 3 is 2.77 bits per heavy atom. The molecule has 0 saturated carbocycles. The number of benzene rings is 1. The normalized spacial score (nSPS) is 11.5. The molecule has 1 heterocycles. The Bertz CT molecular complexity index is 773. The molecule has 0 aliphatic carbocycles. The summed E-state index contributed by atoms with van der Waals surface area (Å²) in [5.41, 5.74) is 1.58. The molecule has 1 amide bonds. The zero-order valence-corrected chi connectivity index (χ0v) is 18.2. The Morgan fingerprint density at radius 1 is 1.17 bits per heavy atom. The first kappa shape index (κ1) is 23.5. The molecular weight excluding hydrogens is 380 g/mol. The van der Waals surface area contributed by atoms with E-state index in [1.807, 2.05) is 31.2 Å².